The van der Waals surface area contributed by atoms with Crippen molar-refractivity contribution in [2.45, 2.75) is 37.4 Å². The maximum absolute atomic E-state index is 16.7. The van der Waals surface area contributed by atoms with Crippen molar-refractivity contribution in [3.8, 4) is 41.0 Å². The fourth-order valence-corrected chi connectivity index (χ4v) is 6.88. The lowest BCUT2D eigenvalue weighted by atomic mass is 9.92. The van der Waals surface area contributed by atoms with Crippen LogP contribution in [0.15, 0.2) is 30.3 Å². The Balaban J connectivity index is 1.43. The van der Waals surface area contributed by atoms with E-state index in [-0.39, 0.29) is 46.0 Å². The van der Waals surface area contributed by atoms with Crippen molar-refractivity contribution in [3.05, 3.63) is 47.5 Å². The van der Waals surface area contributed by atoms with Crippen molar-refractivity contribution < 1.29 is 27.8 Å². The third-order valence-corrected chi connectivity index (χ3v) is 8.81. The van der Waals surface area contributed by atoms with Gasteiger partial charge < -0.3 is 19.5 Å². The Hall–Kier alpha value is -4.23. The van der Waals surface area contributed by atoms with Crippen LogP contribution in [0.5, 0.6) is 17.5 Å². The molecular formula is C32H29F3N4O3. The molecule has 3 aromatic carbocycles. The van der Waals surface area contributed by atoms with Crippen LogP contribution >= 0.6 is 0 Å². The predicted octanol–water partition coefficient (Wildman–Crippen LogP) is 5.59. The van der Waals surface area contributed by atoms with E-state index >= 15 is 4.39 Å². The molecule has 2 fully saturated rings. The molecule has 0 aliphatic carbocycles. The lowest BCUT2D eigenvalue weighted by Gasteiger charge is -2.31. The molecule has 42 heavy (non-hydrogen) atoms. The molecular weight excluding hydrogens is 545 g/mol. The van der Waals surface area contributed by atoms with Crippen molar-refractivity contribution in [1.82, 2.24) is 14.9 Å². The Bertz CT molecular complexity index is 1790. The highest BCUT2D eigenvalue weighted by atomic mass is 19.1. The largest absolute Gasteiger partial charge is 0.508 e. The number of alkyl halides is 1. The average Bonchev–Trinajstić information content (AvgIpc) is 3.49. The van der Waals surface area contributed by atoms with Crippen molar-refractivity contribution in [2.24, 2.45) is 0 Å². The van der Waals surface area contributed by atoms with Gasteiger partial charge >= 0.3 is 6.01 Å². The smallest absolute Gasteiger partial charge is 0.319 e. The number of hydrogen-bond donors (Lipinski definition) is 1. The minimum Gasteiger partial charge on any atom is -0.508 e. The molecule has 10 heteroatoms. The molecule has 1 aromatic heterocycles. The van der Waals surface area contributed by atoms with Crippen LogP contribution in [0.25, 0.3) is 32.8 Å². The molecule has 0 spiro atoms. The SMILES string of the molecule is C#Cc1c(F)ccc2cc(O)cc(-c3cc4c5c(nc(OC[C@@]67CCCN6C[C@H](F)C7)nc5c3F)N(C)CCCO4)c12. The molecule has 0 bridgehead atoms. The van der Waals surface area contributed by atoms with Crippen LogP contribution in [-0.2, 0) is 0 Å². The first-order valence-corrected chi connectivity index (χ1v) is 14.1. The quantitative estimate of drug-likeness (QED) is 0.319. The Morgan fingerprint density at radius 1 is 1.14 bits per heavy atom. The normalized spacial score (nSPS) is 22.1. The van der Waals surface area contributed by atoms with E-state index in [0.29, 0.717) is 54.9 Å². The van der Waals surface area contributed by atoms with E-state index < -0.39 is 23.3 Å². The minimum atomic E-state index is -0.916. The maximum Gasteiger partial charge on any atom is 0.319 e. The molecule has 2 atom stereocenters. The third-order valence-electron chi connectivity index (χ3n) is 8.81. The summed E-state index contributed by atoms with van der Waals surface area (Å²) >= 11 is 0. The molecule has 4 aromatic rings. The van der Waals surface area contributed by atoms with Crippen LogP contribution in [-0.4, -0.2) is 71.6 Å². The lowest BCUT2D eigenvalue weighted by molar-refractivity contribution is 0.107. The highest BCUT2D eigenvalue weighted by molar-refractivity contribution is 6.05. The Labute approximate surface area is 240 Å². The number of ether oxygens (including phenoxy) is 2. The summed E-state index contributed by atoms with van der Waals surface area (Å²) in [6.45, 7) is 2.36. The molecule has 0 radical (unpaired) electrons. The zero-order valence-electron chi connectivity index (χ0n) is 23.1. The second-order valence-corrected chi connectivity index (χ2v) is 11.4. The standard InChI is InChI=1S/C32H29F3N4O3/c1-3-21-24(34)7-6-18-12-20(40)13-22(26(18)21)23-14-25-27-29(28(23)35)36-31(37-30(27)38(2)9-5-11-41-25)42-17-32-8-4-10-39(32)16-19(33)15-32/h1,6-7,12-14,19,40H,4-5,8-11,15-17H2,2H3/t19-,32+/m1/s1. The van der Waals surface area contributed by atoms with Gasteiger partial charge in [-0.2, -0.15) is 9.97 Å². The molecule has 0 saturated carbocycles. The zero-order chi connectivity index (χ0) is 29.2. The van der Waals surface area contributed by atoms with E-state index in [9.17, 15) is 13.9 Å². The summed E-state index contributed by atoms with van der Waals surface area (Å²) < 4.78 is 58.1. The number of phenols is 1. The number of anilines is 1. The summed E-state index contributed by atoms with van der Waals surface area (Å²) in [6.07, 6.45) is 7.59. The second kappa shape index (κ2) is 9.95. The topological polar surface area (TPSA) is 71.0 Å². The Morgan fingerprint density at radius 3 is 2.83 bits per heavy atom. The molecule has 4 heterocycles. The van der Waals surface area contributed by atoms with Crippen LogP contribution in [0.3, 0.4) is 0 Å². The van der Waals surface area contributed by atoms with Crippen LogP contribution in [0.4, 0.5) is 19.0 Å². The number of aromatic nitrogens is 2. The van der Waals surface area contributed by atoms with Crippen molar-refractivity contribution in [3.63, 3.8) is 0 Å². The van der Waals surface area contributed by atoms with Gasteiger partial charge in [-0.25, -0.2) is 13.2 Å². The zero-order valence-corrected chi connectivity index (χ0v) is 23.1. The number of phenolic OH excluding ortho intramolecular Hbond substituents is 1. The first kappa shape index (κ1) is 26.7. The van der Waals surface area contributed by atoms with Crippen molar-refractivity contribution in [2.75, 3.05) is 44.8 Å². The number of fused-ring (bicyclic) bond motifs is 2. The van der Waals surface area contributed by atoms with Gasteiger partial charge in [0.2, 0.25) is 0 Å². The van der Waals surface area contributed by atoms with E-state index in [0.717, 1.165) is 19.4 Å². The van der Waals surface area contributed by atoms with Gasteiger partial charge in [0.25, 0.3) is 0 Å². The van der Waals surface area contributed by atoms with Crippen LogP contribution in [0, 0.1) is 24.0 Å². The summed E-state index contributed by atoms with van der Waals surface area (Å²) in [5.74, 6) is 1.69. The average molecular weight is 575 g/mol. The van der Waals surface area contributed by atoms with Crippen molar-refractivity contribution in [1.29, 1.82) is 0 Å². The number of nitrogens with zero attached hydrogens (tertiary/aromatic N) is 4. The predicted molar refractivity (Wildman–Crippen MR) is 154 cm³/mol. The van der Waals surface area contributed by atoms with Gasteiger partial charge in [0.15, 0.2) is 5.82 Å². The van der Waals surface area contributed by atoms with E-state index in [2.05, 4.69) is 20.8 Å². The number of rotatable bonds is 4. The van der Waals surface area contributed by atoms with E-state index in [1.807, 2.05) is 11.9 Å². The number of aromatic hydroxyl groups is 1. The van der Waals surface area contributed by atoms with E-state index in [4.69, 9.17) is 15.9 Å². The highest BCUT2D eigenvalue weighted by Crippen LogP contribution is 2.45. The number of halogens is 3. The van der Waals surface area contributed by atoms with Crippen molar-refractivity contribution >= 4 is 27.5 Å². The molecule has 7 nitrogen and oxygen atoms in total. The van der Waals surface area contributed by atoms with Gasteiger partial charge in [0, 0.05) is 37.5 Å². The molecule has 7 rings (SSSR count). The summed E-state index contributed by atoms with van der Waals surface area (Å²) in [7, 11) is 1.86. The first-order chi connectivity index (χ1) is 20.3. The van der Waals surface area contributed by atoms with Gasteiger partial charge in [0.1, 0.15) is 41.4 Å². The molecule has 0 amide bonds. The summed E-state index contributed by atoms with van der Waals surface area (Å²) in [5, 5.41) is 11.7. The summed E-state index contributed by atoms with van der Waals surface area (Å²) in [6, 6.07) is 7.02. The third kappa shape index (κ3) is 4.18. The Kier molecular flexibility index (Phi) is 6.31. The fraction of sp³-hybridized carbons (Fsp3) is 0.375. The monoisotopic (exact) mass is 574 g/mol. The van der Waals surface area contributed by atoms with Crippen LogP contribution in [0.2, 0.25) is 0 Å². The van der Waals surface area contributed by atoms with Gasteiger partial charge in [-0.05, 0) is 61.0 Å². The molecule has 216 valence electrons. The molecule has 3 aliphatic rings. The maximum atomic E-state index is 16.7. The highest BCUT2D eigenvalue weighted by Gasteiger charge is 2.49. The Morgan fingerprint density at radius 2 is 2.00 bits per heavy atom. The second-order valence-electron chi connectivity index (χ2n) is 11.4. The fourth-order valence-electron chi connectivity index (χ4n) is 6.88. The van der Waals surface area contributed by atoms with Gasteiger partial charge in [-0.3, -0.25) is 4.90 Å². The summed E-state index contributed by atoms with van der Waals surface area (Å²) in [5.41, 5.74) is -0.269. The first-order valence-electron chi connectivity index (χ1n) is 14.1. The number of terminal acetylenes is 1. The van der Waals surface area contributed by atoms with E-state index in [1.165, 1.54) is 30.3 Å². The number of benzene rings is 3. The summed E-state index contributed by atoms with van der Waals surface area (Å²) in [4.78, 5) is 13.2. The van der Waals surface area contributed by atoms with Crippen LogP contribution < -0.4 is 14.4 Å². The molecule has 1 N–H and O–H groups in total. The van der Waals surface area contributed by atoms with E-state index in [1.54, 1.807) is 0 Å². The van der Waals surface area contributed by atoms with Gasteiger partial charge in [-0.15, -0.1) is 6.42 Å². The molecule has 3 aliphatic heterocycles. The number of hydrogen-bond acceptors (Lipinski definition) is 7. The van der Waals surface area contributed by atoms with Gasteiger partial charge in [-0.1, -0.05) is 12.0 Å². The molecule has 2 saturated heterocycles. The minimum absolute atomic E-state index is 0.0217. The lowest BCUT2D eigenvalue weighted by Crippen LogP contribution is -2.43. The van der Waals surface area contributed by atoms with Crippen LogP contribution in [0.1, 0.15) is 31.2 Å². The van der Waals surface area contributed by atoms with Gasteiger partial charge in [0.05, 0.1) is 23.1 Å². The molecule has 0 unspecified atom stereocenters.